The molecule has 10 heteroatoms. The molecule has 0 aromatic carbocycles. The van der Waals surface area contributed by atoms with Gasteiger partial charge in [0.15, 0.2) is 5.82 Å². The van der Waals surface area contributed by atoms with Crippen LogP contribution in [0.25, 0.3) is 16.2 Å². The zero-order valence-electron chi connectivity index (χ0n) is 20.7. The van der Waals surface area contributed by atoms with Crippen LogP contribution in [0.5, 0.6) is 0 Å². The molecule has 2 amide bonds. The summed E-state index contributed by atoms with van der Waals surface area (Å²) < 4.78 is 1.80. The van der Waals surface area contributed by atoms with Crippen molar-refractivity contribution < 1.29 is 9.59 Å². The van der Waals surface area contributed by atoms with Crippen LogP contribution in [-0.4, -0.2) is 61.5 Å². The molecule has 5 rings (SSSR count). The highest BCUT2D eigenvalue weighted by Crippen LogP contribution is 2.46. The van der Waals surface area contributed by atoms with Gasteiger partial charge >= 0.3 is 0 Å². The van der Waals surface area contributed by atoms with E-state index in [1.165, 1.54) is 0 Å². The quantitative estimate of drug-likeness (QED) is 0.483. The monoisotopic (exact) mass is 495 g/mol. The molecule has 0 radical (unpaired) electrons. The van der Waals surface area contributed by atoms with Crippen LogP contribution in [0.1, 0.15) is 63.9 Å². The van der Waals surface area contributed by atoms with Crippen LogP contribution in [0.4, 0.5) is 5.82 Å². The first-order valence-corrected chi connectivity index (χ1v) is 13.2. The number of nitrogens with zero attached hydrogens (tertiary/aromatic N) is 5. The lowest BCUT2D eigenvalue weighted by Gasteiger charge is -2.36. The maximum Gasteiger partial charge on any atom is 0.272 e. The van der Waals surface area contributed by atoms with Gasteiger partial charge in [-0.3, -0.25) is 9.59 Å². The van der Waals surface area contributed by atoms with Gasteiger partial charge in [0.2, 0.25) is 6.41 Å². The van der Waals surface area contributed by atoms with Crippen molar-refractivity contribution >= 4 is 34.3 Å². The smallest absolute Gasteiger partial charge is 0.272 e. The van der Waals surface area contributed by atoms with Gasteiger partial charge in [0.05, 0.1) is 11.8 Å². The zero-order chi connectivity index (χ0) is 24.8. The lowest BCUT2D eigenvalue weighted by Crippen LogP contribution is -2.46. The Balaban J connectivity index is 1.41. The predicted octanol–water partition coefficient (Wildman–Crippen LogP) is 3.83. The Hall–Kier alpha value is -3.01. The van der Waals surface area contributed by atoms with Crippen LogP contribution in [0.15, 0.2) is 23.8 Å². The van der Waals surface area contributed by atoms with Gasteiger partial charge in [0.25, 0.3) is 5.91 Å². The van der Waals surface area contributed by atoms with E-state index in [0.717, 1.165) is 42.5 Å². The lowest BCUT2D eigenvalue weighted by atomic mass is 9.87. The molecule has 1 aliphatic heterocycles. The molecule has 9 nitrogen and oxygen atoms in total. The summed E-state index contributed by atoms with van der Waals surface area (Å²) in [6, 6.07) is 1.91. The van der Waals surface area contributed by atoms with Crippen LogP contribution < -0.4 is 10.6 Å². The second-order valence-corrected chi connectivity index (χ2v) is 11.8. The fourth-order valence-corrected chi connectivity index (χ4v) is 5.58. The molecule has 35 heavy (non-hydrogen) atoms. The van der Waals surface area contributed by atoms with E-state index in [1.807, 2.05) is 16.5 Å². The van der Waals surface area contributed by atoms with E-state index in [0.29, 0.717) is 36.3 Å². The van der Waals surface area contributed by atoms with Crippen molar-refractivity contribution in [3.63, 3.8) is 0 Å². The fraction of sp³-hybridized carbons (Fsp3) is 0.560. The second-order valence-electron chi connectivity index (χ2n) is 10.9. The Bertz CT molecular complexity index is 1230. The first-order valence-electron chi connectivity index (χ1n) is 12.3. The first kappa shape index (κ1) is 23.7. The summed E-state index contributed by atoms with van der Waals surface area (Å²) in [6.07, 6.45) is 8.31. The summed E-state index contributed by atoms with van der Waals surface area (Å²) in [5, 5.41) is 12.9. The maximum absolute atomic E-state index is 13.6. The van der Waals surface area contributed by atoms with Crippen LogP contribution in [0.3, 0.4) is 0 Å². The predicted molar refractivity (Wildman–Crippen MR) is 136 cm³/mol. The second kappa shape index (κ2) is 8.89. The molecular formula is C25H33N7O2S. The Morgan fingerprint density at radius 3 is 2.66 bits per heavy atom. The summed E-state index contributed by atoms with van der Waals surface area (Å²) in [6.45, 7) is 9.95. The van der Waals surface area contributed by atoms with E-state index in [-0.39, 0.29) is 22.9 Å². The molecule has 3 aromatic heterocycles. The van der Waals surface area contributed by atoms with Gasteiger partial charge in [-0.2, -0.15) is 5.10 Å². The van der Waals surface area contributed by atoms with E-state index in [9.17, 15) is 9.59 Å². The molecule has 1 aliphatic carbocycles. The number of anilines is 1. The Morgan fingerprint density at radius 1 is 1.26 bits per heavy atom. The van der Waals surface area contributed by atoms with Gasteiger partial charge in [-0.25, -0.2) is 14.5 Å². The molecule has 2 aliphatic rings. The summed E-state index contributed by atoms with van der Waals surface area (Å²) in [5.74, 6) is 1.47. The van der Waals surface area contributed by atoms with Crippen molar-refractivity contribution in [3.05, 3.63) is 29.5 Å². The van der Waals surface area contributed by atoms with E-state index in [2.05, 4.69) is 43.4 Å². The summed E-state index contributed by atoms with van der Waals surface area (Å²) in [4.78, 5) is 36.9. The number of hydrogen-bond acceptors (Lipinski definition) is 7. The summed E-state index contributed by atoms with van der Waals surface area (Å²) in [5.41, 5.74) is 1.17. The topological polar surface area (TPSA) is 105 Å². The number of likely N-dealkylation sites (tertiary alicyclic amines) is 1. The molecule has 2 fully saturated rings. The molecule has 1 atom stereocenters. The third-order valence-corrected chi connectivity index (χ3v) is 8.57. The van der Waals surface area contributed by atoms with E-state index < -0.39 is 0 Å². The minimum atomic E-state index is -0.0821. The SMILES string of the molecule is C[C@@H](Nc1cc(C(=O)N2CCC(C3(NC=O)CC3)CC2)nc(-c2cnn3ccsc23)n1)C(C)(C)C. The third-order valence-electron chi connectivity index (χ3n) is 7.68. The highest BCUT2D eigenvalue weighted by molar-refractivity contribution is 7.16. The molecule has 4 heterocycles. The standard InChI is InChI=1S/C25H33N7O2S/c1-16(24(2,3)4)28-20-13-19(29-21(30-20)18-14-27-32-11-12-35-23(18)32)22(34)31-9-5-17(6-10-31)25(7-8-25)26-15-33/h11-17H,5-10H2,1-4H3,(H,26,33)(H,28,29,30)/t16-/m1/s1. The van der Waals surface area contributed by atoms with Crippen molar-refractivity contribution in [1.29, 1.82) is 0 Å². The van der Waals surface area contributed by atoms with Crippen molar-refractivity contribution in [3.8, 4) is 11.4 Å². The summed E-state index contributed by atoms with van der Waals surface area (Å²) >= 11 is 1.57. The molecule has 0 spiro atoms. The number of fused-ring (bicyclic) bond motifs is 1. The van der Waals surface area contributed by atoms with Crippen LogP contribution in [0, 0.1) is 11.3 Å². The van der Waals surface area contributed by atoms with Crippen molar-refractivity contribution in [2.24, 2.45) is 11.3 Å². The summed E-state index contributed by atoms with van der Waals surface area (Å²) in [7, 11) is 0. The van der Waals surface area contributed by atoms with Crippen LogP contribution in [0.2, 0.25) is 0 Å². The number of aromatic nitrogens is 4. The Kier molecular flexibility index (Phi) is 6.03. The third kappa shape index (κ3) is 4.63. The number of piperidine rings is 1. The number of carbonyl (C=O) groups excluding carboxylic acids is 2. The average Bonchev–Trinajstić information content (AvgIpc) is 3.27. The number of nitrogens with one attached hydrogen (secondary N) is 2. The van der Waals surface area contributed by atoms with Crippen LogP contribution >= 0.6 is 11.3 Å². The average molecular weight is 496 g/mol. The molecular weight excluding hydrogens is 462 g/mol. The fourth-order valence-electron chi connectivity index (χ4n) is 4.79. The molecule has 1 saturated carbocycles. The first-order chi connectivity index (χ1) is 16.7. The van der Waals surface area contributed by atoms with Crippen LogP contribution in [-0.2, 0) is 4.79 Å². The Labute approximate surface area is 209 Å². The normalized spacial score (nSPS) is 18.9. The minimum Gasteiger partial charge on any atom is -0.367 e. The van der Waals surface area contributed by atoms with Crippen molar-refractivity contribution in [2.75, 3.05) is 18.4 Å². The van der Waals surface area contributed by atoms with Gasteiger partial charge in [0.1, 0.15) is 16.3 Å². The molecule has 0 unspecified atom stereocenters. The molecule has 0 bridgehead atoms. The Morgan fingerprint density at radius 2 is 2.00 bits per heavy atom. The van der Waals surface area contributed by atoms with Crippen molar-refractivity contribution in [1.82, 2.24) is 29.8 Å². The maximum atomic E-state index is 13.6. The van der Waals surface area contributed by atoms with E-state index >= 15 is 0 Å². The number of rotatable bonds is 7. The molecule has 1 saturated heterocycles. The number of thiazole rings is 1. The van der Waals surface area contributed by atoms with Gasteiger partial charge in [-0.15, -0.1) is 11.3 Å². The number of hydrogen-bond donors (Lipinski definition) is 2. The highest BCUT2D eigenvalue weighted by atomic mass is 32.1. The molecule has 3 aromatic rings. The van der Waals surface area contributed by atoms with Gasteiger partial charge < -0.3 is 15.5 Å². The zero-order valence-corrected chi connectivity index (χ0v) is 21.6. The van der Waals surface area contributed by atoms with Gasteiger partial charge in [-0.1, -0.05) is 20.8 Å². The molecule has 2 N–H and O–H groups in total. The lowest BCUT2D eigenvalue weighted by molar-refractivity contribution is -0.110. The van der Waals surface area contributed by atoms with Gasteiger partial charge in [0, 0.05) is 42.3 Å². The van der Waals surface area contributed by atoms with E-state index in [1.54, 1.807) is 28.1 Å². The number of carbonyl (C=O) groups is 2. The largest absolute Gasteiger partial charge is 0.367 e. The van der Waals surface area contributed by atoms with Gasteiger partial charge in [-0.05, 0) is 43.9 Å². The number of amides is 2. The van der Waals surface area contributed by atoms with E-state index in [4.69, 9.17) is 9.97 Å². The molecule has 186 valence electrons. The van der Waals surface area contributed by atoms with Crippen molar-refractivity contribution in [2.45, 2.75) is 65.0 Å². The minimum absolute atomic E-state index is 0.0181. The highest BCUT2D eigenvalue weighted by Gasteiger charge is 2.49.